The molecular weight excluding hydrogens is 395 g/mol. The van der Waals surface area contributed by atoms with E-state index in [0.717, 1.165) is 9.13 Å². The van der Waals surface area contributed by atoms with Gasteiger partial charge < -0.3 is 10.1 Å². The second-order valence-electron chi connectivity index (χ2n) is 6.34. The van der Waals surface area contributed by atoms with Crippen molar-refractivity contribution in [3.63, 3.8) is 0 Å². The average Bonchev–Trinajstić information content (AvgIpc) is 2.74. The lowest BCUT2D eigenvalue weighted by Crippen LogP contribution is -2.43. The van der Waals surface area contributed by atoms with Gasteiger partial charge in [-0.15, -0.1) is 0 Å². The Labute approximate surface area is 169 Å². The van der Waals surface area contributed by atoms with E-state index in [1.165, 1.54) is 36.5 Å². The lowest BCUT2D eigenvalue weighted by Gasteiger charge is -2.13. The molecule has 0 atom stereocenters. The van der Waals surface area contributed by atoms with E-state index in [1.807, 2.05) is 0 Å². The number of carbonyl (C=O) groups is 2. The van der Waals surface area contributed by atoms with Gasteiger partial charge in [-0.1, -0.05) is 12.1 Å². The minimum atomic E-state index is -0.726. The fraction of sp³-hybridized carbons (Fsp3) is 0.250. The monoisotopic (exact) mass is 414 g/mol. The van der Waals surface area contributed by atoms with Crippen LogP contribution in [0.4, 0.5) is 4.39 Å². The van der Waals surface area contributed by atoms with Crippen molar-refractivity contribution in [1.29, 1.82) is 0 Å². The van der Waals surface area contributed by atoms with Crippen LogP contribution in [0.1, 0.15) is 12.5 Å². The Hall–Kier alpha value is -3.82. The van der Waals surface area contributed by atoms with E-state index in [-0.39, 0.29) is 30.7 Å². The van der Waals surface area contributed by atoms with E-state index in [0.29, 0.717) is 5.56 Å². The van der Waals surface area contributed by atoms with Gasteiger partial charge in [0.2, 0.25) is 5.91 Å². The third kappa shape index (κ3) is 4.59. The van der Waals surface area contributed by atoms with Crippen LogP contribution in [-0.4, -0.2) is 39.1 Å². The number of nitrogens with one attached hydrogen (secondary N) is 1. The predicted molar refractivity (Wildman–Crippen MR) is 105 cm³/mol. The summed E-state index contributed by atoms with van der Waals surface area (Å²) in [6.07, 6.45) is 1.40. The summed E-state index contributed by atoms with van der Waals surface area (Å²) < 4.78 is 19.9. The number of amides is 1. The zero-order chi connectivity index (χ0) is 21.7. The van der Waals surface area contributed by atoms with Crippen molar-refractivity contribution in [1.82, 2.24) is 19.4 Å². The maximum Gasteiger partial charge on any atom is 0.332 e. The number of benzene rings is 1. The standard InChI is InChI=1S/C20H19FN4O5/c1-2-30-17(27)10-23-16(26)12-24-15-4-3-9-22-18(15)19(28)25(20(24)29)11-13-5-7-14(21)8-6-13/h3-9H,2,10-12H2,1H3,(H,23,26). The molecule has 156 valence electrons. The molecule has 9 nitrogen and oxygen atoms in total. The van der Waals surface area contributed by atoms with E-state index in [1.54, 1.807) is 13.0 Å². The van der Waals surface area contributed by atoms with Crippen LogP contribution in [0.25, 0.3) is 11.0 Å². The van der Waals surface area contributed by atoms with Crippen LogP contribution in [0.3, 0.4) is 0 Å². The van der Waals surface area contributed by atoms with Gasteiger partial charge in [-0.05, 0) is 36.8 Å². The van der Waals surface area contributed by atoms with Crippen molar-refractivity contribution in [2.45, 2.75) is 20.0 Å². The van der Waals surface area contributed by atoms with Crippen LogP contribution in [0.15, 0.2) is 52.2 Å². The molecule has 3 rings (SSSR count). The third-order valence-corrected chi connectivity index (χ3v) is 4.28. The number of fused-ring (bicyclic) bond motifs is 1. The van der Waals surface area contributed by atoms with Crippen LogP contribution in [0, 0.1) is 5.82 Å². The van der Waals surface area contributed by atoms with Crippen LogP contribution >= 0.6 is 0 Å². The fourth-order valence-electron chi connectivity index (χ4n) is 2.89. The number of hydrogen-bond donors (Lipinski definition) is 1. The van der Waals surface area contributed by atoms with Crippen molar-refractivity contribution >= 4 is 22.9 Å². The molecule has 0 spiro atoms. The summed E-state index contributed by atoms with van der Waals surface area (Å²) >= 11 is 0. The number of pyridine rings is 1. The molecule has 30 heavy (non-hydrogen) atoms. The second-order valence-corrected chi connectivity index (χ2v) is 6.34. The molecule has 3 aromatic rings. The molecule has 10 heteroatoms. The first kappa shape index (κ1) is 20.9. The van der Waals surface area contributed by atoms with Crippen LogP contribution in [-0.2, 0) is 27.4 Å². The van der Waals surface area contributed by atoms with E-state index in [9.17, 15) is 23.6 Å². The zero-order valence-corrected chi connectivity index (χ0v) is 16.1. The van der Waals surface area contributed by atoms with E-state index < -0.39 is 35.5 Å². The minimum absolute atomic E-state index is 0.0115. The molecule has 0 saturated heterocycles. The van der Waals surface area contributed by atoms with Crippen molar-refractivity contribution in [2.75, 3.05) is 13.2 Å². The molecule has 1 aromatic carbocycles. The normalized spacial score (nSPS) is 10.7. The first-order valence-electron chi connectivity index (χ1n) is 9.15. The SMILES string of the molecule is CCOC(=O)CNC(=O)Cn1c(=O)n(Cc2ccc(F)cc2)c(=O)c2ncccc21. The molecule has 2 heterocycles. The molecule has 0 bridgehead atoms. The Balaban J connectivity index is 1.98. The lowest BCUT2D eigenvalue weighted by atomic mass is 10.2. The summed E-state index contributed by atoms with van der Waals surface area (Å²) in [6, 6.07) is 8.41. The second kappa shape index (κ2) is 9.12. The Morgan fingerprint density at radius 3 is 2.57 bits per heavy atom. The summed E-state index contributed by atoms with van der Waals surface area (Å²) in [5.41, 5.74) is -0.616. The highest BCUT2D eigenvalue weighted by atomic mass is 19.1. The smallest absolute Gasteiger partial charge is 0.332 e. The van der Waals surface area contributed by atoms with Gasteiger partial charge in [0.15, 0.2) is 5.52 Å². The maximum atomic E-state index is 13.2. The number of carbonyl (C=O) groups excluding carboxylic acids is 2. The first-order chi connectivity index (χ1) is 14.4. The molecular formula is C20H19FN4O5. The highest BCUT2D eigenvalue weighted by Crippen LogP contribution is 2.07. The summed E-state index contributed by atoms with van der Waals surface area (Å²) in [6.45, 7) is 0.938. The minimum Gasteiger partial charge on any atom is -0.465 e. The highest BCUT2D eigenvalue weighted by Gasteiger charge is 2.17. The summed E-state index contributed by atoms with van der Waals surface area (Å²) in [5.74, 6) is -1.66. The summed E-state index contributed by atoms with van der Waals surface area (Å²) in [5, 5.41) is 2.37. The molecule has 2 aromatic heterocycles. The van der Waals surface area contributed by atoms with Gasteiger partial charge in [-0.2, -0.15) is 0 Å². The number of ether oxygens (including phenoxy) is 1. The number of halogens is 1. The molecule has 0 aliphatic heterocycles. The number of esters is 1. The molecule has 0 aliphatic carbocycles. The maximum absolute atomic E-state index is 13.2. The largest absolute Gasteiger partial charge is 0.465 e. The number of hydrogen-bond acceptors (Lipinski definition) is 6. The molecule has 0 radical (unpaired) electrons. The van der Waals surface area contributed by atoms with Gasteiger partial charge in [0.25, 0.3) is 5.56 Å². The molecule has 1 amide bonds. The average molecular weight is 414 g/mol. The lowest BCUT2D eigenvalue weighted by molar-refractivity contribution is -0.143. The van der Waals surface area contributed by atoms with Crippen molar-refractivity contribution in [3.05, 3.63) is 74.8 Å². The molecule has 1 N–H and O–H groups in total. The van der Waals surface area contributed by atoms with Crippen molar-refractivity contribution < 1.29 is 18.7 Å². The molecule has 0 fully saturated rings. The Morgan fingerprint density at radius 2 is 1.87 bits per heavy atom. The highest BCUT2D eigenvalue weighted by molar-refractivity contribution is 5.83. The van der Waals surface area contributed by atoms with Crippen LogP contribution < -0.4 is 16.6 Å². The Kier molecular flexibility index (Phi) is 6.35. The number of nitrogens with zero attached hydrogens (tertiary/aromatic N) is 3. The van der Waals surface area contributed by atoms with Crippen LogP contribution in [0.5, 0.6) is 0 Å². The van der Waals surface area contributed by atoms with Gasteiger partial charge >= 0.3 is 11.7 Å². The summed E-state index contributed by atoms with van der Waals surface area (Å²) in [7, 11) is 0. The molecule has 0 saturated carbocycles. The van der Waals surface area contributed by atoms with Gasteiger partial charge in [0.1, 0.15) is 18.9 Å². The predicted octanol–water partition coefficient (Wildman–Crippen LogP) is 0.425. The molecule has 0 unspecified atom stereocenters. The number of aromatic nitrogens is 3. The van der Waals surface area contributed by atoms with Crippen molar-refractivity contribution in [3.8, 4) is 0 Å². The van der Waals surface area contributed by atoms with E-state index >= 15 is 0 Å². The first-order valence-corrected chi connectivity index (χ1v) is 9.15. The summed E-state index contributed by atoms with van der Waals surface area (Å²) in [4.78, 5) is 53.5. The topological polar surface area (TPSA) is 112 Å². The Morgan fingerprint density at radius 1 is 1.13 bits per heavy atom. The van der Waals surface area contributed by atoms with Gasteiger partial charge in [-0.25, -0.2) is 14.2 Å². The quantitative estimate of drug-likeness (QED) is 0.561. The van der Waals surface area contributed by atoms with Crippen molar-refractivity contribution in [2.24, 2.45) is 0 Å². The van der Waals surface area contributed by atoms with Gasteiger partial charge in [0.05, 0.1) is 18.7 Å². The van der Waals surface area contributed by atoms with Gasteiger partial charge in [-0.3, -0.25) is 23.5 Å². The van der Waals surface area contributed by atoms with Gasteiger partial charge in [0, 0.05) is 6.20 Å². The third-order valence-electron chi connectivity index (χ3n) is 4.28. The molecule has 0 aliphatic rings. The zero-order valence-electron chi connectivity index (χ0n) is 16.1. The van der Waals surface area contributed by atoms with E-state index in [4.69, 9.17) is 4.74 Å². The Bertz CT molecular complexity index is 1200. The van der Waals surface area contributed by atoms with E-state index in [2.05, 4.69) is 10.3 Å². The fourth-order valence-corrected chi connectivity index (χ4v) is 2.89. The number of rotatable bonds is 7. The van der Waals surface area contributed by atoms with Crippen LogP contribution in [0.2, 0.25) is 0 Å².